The van der Waals surface area contributed by atoms with Gasteiger partial charge >= 0.3 is 0 Å². The highest BCUT2D eigenvalue weighted by Gasteiger charge is 2.34. The number of halogens is 1. The van der Waals surface area contributed by atoms with Gasteiger partial charge < -0.3 is 9.47 Å². The van der Waals surface area contributed by atoms with E-state index in [1.165, 1.54) is 38.5 Å². The topological polar surface area (TPSA) is 18.5 Å². The van der Waals surface area contributed by atoms with Crippen LogP contribution in [0.1, 0.15) is 38.5 Å². The van der Waals surface area contributed by atoms with Crippen molar-refractivity contribution in [3.05, 3.63) is 0 Å². The Kier molecular flexibility index (Phi) is 3.86. The van der Waals surface area contributed by atoms with Gasteiger partial charge in [-0.2, -0.15) is 0 Å². The monoisotopic (exact) mass is 262 g/mol. The van der Waals surface area contributed by atoms with Crippen molar-refractivity contribution in [1.82, 2.24) is 0 Å². The van der Waals surface area contributed by atoms with Crippen LogP contribution >= 0.6 is 15.9 Å². The Morgan fingerprint density at radius 1 is 1.29 bits per heavy atom. The Morgan fingerprint density at radius 2 is 2.07 bits per heavy atom. The molecule has 0 radical (unpaired) electrons. The number of hydrogen-bond acceptors (Lipinski definition) is 2. The van der Waals surface area contributed by atoms with Crippen molar-refractivity contribution in [1.29, 1.82) is 0 Å². The fourth-order valence-electron chi connectivity index (χ4n) is 2.38. The van der Waals surface area contributed by atoms with Crippen LogP contribution in [-0.4, -0.2) is 30.2 Å². The molecule has 3 heteroatoms. The summed E-state index contributed by atoms with van der Waals surface area (Å²) < 4.78 is 11.6. The molecule has 82 valence electrons. The molecule has 0 amide bonds. The molecule has 1 unspecified atom stereocenters. The van der Waals surface area contributed by atoms with Gasteiger partial charge in [0.05, 0.1) is 18.3 Å². The van der Waals surface area contributed by atoms with Crippen molar-refractivity contribution < 1.29 is 9.47 Å². The van der Waals surface area contributed by atoms with Crippen molar-refractivity contribution in [2.45, 2.75) is 50.2 Å². The van der Waals surface area contributed by atoms with E-state index in [2.05, 4.69) is 15.9 Å². The van der Waals surface area contributed by atoms with Gasteiger partial charge in [-0.1, -0.05) is 28.8 Å². The molecule has 1 saturated heterocycles. The lowest BCUT2D eigenvalue weighted by Crippen LogP contribution is -2.34. The van der Waals surface area contributed by atoms with Gasteiger partial charge in [0, 0.05) is 11.9 Å². The van der Waals surface area contributed by atoms with Crippen LogP contribution in [-0.2, 0) is 9.47 Å². The van der Waals surface area contributed by atoms with Crippen LogP contribution in [0.15, 0.2) is 0 Å². The molecule has 0 N–H and O–H groups in total. The zero-order valence-corrected chi connectivity index (χ0v) is 10.2. The van der Waals surface area contributed by atoms with Crippen LogP contribution in [0.3, 0.4) is 0 Å². The third kappa shape index (κ3) is 2.50. The maximum Gasteiger partial charge on any atom is 0.0809 e. The van der Waals surface area contributed by atoms with Gasteiger partial charge in [0.1, 0.15) is 0 Å². The summed E-state index contributed by atoms with van der Waals surface area (Å²) in [6.45, 7) is 1.72. The molecule has 2 aliphatic rings. The van der Waals surface area contributed by atoms with Crippen molar-refractivity contribution in [2.24, 2.45) is 0 Å². The van der Waals surface area contributed by atoms with Crippen LogP contribution in [0.4, 0.5) is 0 Å². The molecule has 0 bridgehead atoms. The van der Waals surface area contributed by atoms with Gasteiger partial charge in [-0.3, -0.25) is 0 Å². The van der Waals surface area contributed by atoms with E-state index in [9.17, 15) is 0 Å². The Morgan fingerprint density at radius 3 is 2.64 bits per heavy atom. The van der Waals surface area contributed by atoms with Crippen molar-refractivity contribution >= 4 is 15.9 Å². The van der Waals surface area contributed by atoms with Gasteiger partial charge in [-0.25, -0.2) is 0 Å². The molecule has 1 aliphatic heterocycles. The van der Waals surface area contributed by atoms with Crippen LogP contribution in [0, 0.1) is 0 Å². The Hall–Kier alpha value is 0.400. The molecule has 1 saturated carbocycles. The van der Waals surface area contributed by atoms with E-state index in [-0.39, 0.29) is 5.60 Å². The number of rotatable bonds is 4. The first kappa shape index (κ1) is 10.9. The fraction of sp³-hybridized carbons (Fsp3) is 1.00. The van der Waals surface area contributed by atoms with Crippen molar-refractivity contribution in [3.8, 4) is 0 Å². The summed E-state index contributed by atoms with van der Waals surface area (Å²) in [5.74, 6) is 0. The van der Waals surface area contributed by atoms with E-state index in [4.69, 9.17) is 9.47 Å². The highest BCUT2D eigenvalue weighted by atomic mass is 79.9. The predicted molar refractivity (Wildman–Crippen MR) is 59.9 cm³/mol. The summed E-state index contributed by atoms with van der Waals surface area (Å²) in [4.78, 5) is 0. The Labute approximate surface area is 94.5 Å². The molecule has 0 aromatic rings. The third-order valence-electron chi connectivity index (χ3n) is 3.36. The Balaban J connectivity index is 1.76. The maximum atomic E-state index is 6.05. The highest BCUT2D eigenvalue weighted by Crippen LogP contribution is 2.35. The minimum Gasteiger partial charge on any atom is -0.376 e. The van der Waals surface area contributed by atoms with Gasteiger partial charge in [0.25, 0.3) is 0 Å². The normalized spacial score (nSPS) is 31.1. The number of ether oxygens (including phenoxy) is 2. The molecule has 0 aromatic carbocycles. The van der Waals surface area contributed by atoms with Gasteiger partial charge in [0.2, 0.25) is 0 Å². The zero-order valence-electron chi connectivity index (χ0n) is 8.64. The summed E-state index contributed by atoms with van der Waals surface area (Å²) in [6.07, 6.45) is 7.81. The Bertz CT molecular complexity index is 172. The highest BCUT2D eigenvalue weighted by molar-refractivity contribution is 9.09. The molecule has 14 heavy (non-hydrogen) atoms. The molecule has 2 fully saturated rings. The van der Waals surface area contributed by atoms with E-state index < -0.39 is 0 Å². The first-order valence-electron chi connectivity index (χ1n) is 5.66. The van der Waals surface area contributed by atoms with Crippen LogP contribution in [0.2, 0.25) is 0 Å². The summed E-state index contributed by atoms with van der Waals surface area (Å²) in [7, 11) is 0. The smallest absolute Gasteiger partial charge is 0.0809 e. The average Bonchev–Trinajstić information content (AvgIpc) is 2.87. The summed E-state index contributed by atoms with van der Waals surface area (Å²) >= 11 is 3.58. The minimum atomic E-state index is 0.131. The average molecular weight is 263 g/mol. The molecular formula is C11H19BrO2. The second-order valence-electron chi connectivity index (χ2n) is 4.47. The lowest BCUT2D eigenvalue weighted by Gasteiger charge is -2.28. The van der Waals surface area contributed by atoms with Crippen molar-refractivity contribution in [3.63, 3.8) is 0 Å². The fourth-order valence-corrected chi connectivity index (χ4v) is 3.10. The molecule has 0 spiro atoms. The molecule has 2 rings (SSSR count). The summed E-state index contributed by atoms with van der Waals surface area (Å²) in [6, 6.07) is 0. The van der Waals surface area contributed by atoms with Crippen LogP contribution < -0.4 is 0 Å². The first-order chi connectivity index (χ1) is 6.85. The lowest BCUT2D eigenvalue weighted by atomic mass is 10.1. The van der Waals surface area contributed by atoms with E-state index in [0.717, 1.165) is 18.5 Å². The van der Waals surface area contributed by atoms with Gasteiger partial charge in [-0.15, -0.1) is 0 Å². The summed E-state index contributed by atoms with van der Waals surface area (Å²) in [5, 5.41) is 0.979. The zero-order chi connectivity index (χ0) is 9.86. The molecular weight excluding hydrogens is 244 g/mol. The van der Waals surface area contributed by atoms with Gasteiger partial charge in [0.15, 0.2) is 0 Å². The third-order valence-corrected chi connectivity index (χ3v) is 4.38. The summed E-state index contributed by atoms with van der Waals surface area (Å²) in [5.41, 5.74) is 0.131. The van der Waals surface area contributed by atoms with E-state index >= 15 is 0 Å². The first-order valence-corrected chi connectivity index (χ1v) is 6.78. The standard InChI is InChI=1S/C11H19BrO2/c12-9-11(5-1-2-6-11)14-8-10-4-3-7-13-10/h10H,1-9H2. The number of alkyl halides is 1. The SMILES string of the molecule is BrCC1(OCC2CCCO2)CCCC1. The van der Waals surface area contributed by atoms with Crippen LogP contribution in [0.5, 0.6) is 0 Å². The molecule has 1 heterocycles. The molecule has 0 aromatic heterocycles. The lowest BCUT2D eigenvalue weighted by molar-refractivity contribution is -0.0673. The van der Waals surface area contributed by atoms with Crippen molar-refractivity contribution in [2.75, 3.05) is 18.5 Å². The molecule has 1 atom stereocenters. The van der Waals surface area contributed by atoms with Gasteiger partial charge in [-0.05, 0) is 25.7 Å². The predicted octanol–water partition coefficient (Wildman–Crippen LogP) is 2.89. The second-order valence-corrected chi connectivity index (χ2v) is 5.03. The van der Waals surface area contributed by atoms with E-state index in [1.807, 2.05) is 0 Å². The van der Waals surface area contributed by atoms with E-state index in [0.29, 0.717) is 6.10 Å². The maximum absolute atomic E-state index is 6.05. The van der Waals surface area contributed by atoms with E-state index in [1.54, 1.807) is 0 Å². The second kappa shape index (κ2) is 4.95. The quantitative estimate of drug-likeness (QED) is 0.726. The minimum absolute atomic E-state index is 0.131. The molecule has 2 nitrogen and oxygen atoms in total. The largest absolute Gasteiger partial charge is 0.376 e. The van der Waals surface area contributed by atoms with Crippen LogP contribution in [0.25, 0.3) is 0 Å². The number of hydrogen-bond donors (Lipinski definition) is 0. The molecule has 1 aliphatic carbocycles.